The number of carbonyl (C=O) groups excluding carboxylic acids is 1. The second-order valence-electron chi connectivity index (χ2n) is 4.07. The second-order valence-corrected chi connectivity index (χ2v) is 5.64. The Labute approximate surface area is 115 Å². The van der Waals surface area contributed by atoms with Crippen molar-refractivity contribution in [1.29, 1.82) is 0 Å². The molecule has 0 saturated heterocycles. The van der Waals surface area contributed by atoms with Gasteiger partial charge < -0.3 is 10.4 Å². The minimum atomic E-state index is -3.82. The molecular formula is C13H12N2O4S. The summed E-state index contributed by atoms with van der Waals surface area (Å²) in [6, 6.07) is 11.3. The molecule has 0 aliphatic carbocycles. The number of carbonyl (C=O) groups is 1. The molecule has 0 radical (unpaired) electrons. The fraction of sp³-hybridized carbons (Fsp3) is 0. The third-order valence-corrected chi connectivity index (χ3v) is 3.46. The first-order valence-corrected chi connectivity index (χ1v) is 7.14. The molecule has 4 N–H and O–H groups in total. The maximum absolute atomic E-state index is 11.9. The number of nitrogens with two attached hydrogens (primary N) is 1. The molecule has 0 heterocycles. The Hall–Kier alpha value is -2.38. The fourth-order valence-electron chi connectivity index (χ4n) is 1.57. The molecule has 0 spiro atoms. The number of nitrogens with one attached hydrogen (secondary N) is 1. The van der Waals surface area contributed by atoms with Gasteiger partial charge in [0.15, 0.2) is 0 Å². The van der Waals surface area contributed by atoms with Crippen molar-refractivity contribution in [3.8, 4) is 5.75 Å². The van der Waals surface area contributed by atoms with Gasteiger partial charge in [-0.15, -0.1) is 0 Å². The quantitative estimate of drug-likeness (QED) is 0.791. The minimum Gasteiger partial charge on any atom is -0.508 e. The zero-order valence-corrected chi connectivity index (χ0v) is 11.1. The summed E-state index contributed by atoms with van der Waals surface area (Å²) in [5.41, 5.74) is 0.651. The Balaban J connectivity index is 2.22. The van der Waals surface area contributed by atoms with Crippen molar-refractivity contribution in [3.63, 3.8) is 0 Å². The van der Waals surface area contributed by atoms with Gasteiger partial charge in [-0.1, -0.05) is 6.07 Å². The zero-order chi connectivity index (χ0) is 14.8. The van der Waals surface area contributed by atoms with E-state index in [1.54, 1.807) is 6.07 Å². The van der Waals surface area contributed by atoms with E-state index in [9.17, 15) is 13.2 Å². The fourth-order valence-corrected chi connectivity index (χ4v) is 2.13. The molecule has 2 aromatic carbocycles. The minimum absolute atomic E-state index is 0.0535. The number of amides is 1. The highest BCUT2D eigenvalue weighted by Gasteiger charge is 2.10. The topological polar surface area (TPSA) is 109 Å². The maximum atomic E-state index is 11.9. The van der Waals surface area contributed by atoms with E-state index in [1.165, 1.54) is 42.5 Å². The van der Waals surface area contributed by atoms with Crippen molar-refractivity contribution in [1.82, 2.24) is 0 Å². The first-order valence-electron chi connectivity index (χ1n) is 5.59. The Morgan fingerprint density at radius 2 is 1.75 bits per heavy atom. The number of phenolic OH excluding ortho intramolecular Hbond substituents is 1. The van der Waals surface area contributed by atoms with Gasteiger partial charge in [-0.3, -0.25) is 4.79 Å². The van der Waals surface area contributed by atoms with E-state index in [0.717, 1.165) is 0 Å². The molecule has 0 aromatic heterocycles. The highest BCUT2D eigenvalue weighted by molar-refractivity contribution is 7.89. The Morgan fingerprint density at radius 3 is 2.35 bits per heavy atom. The Kier molecular flexibility index (Phi) is 3.73. The molecule has 2 aromatic rings. The molecule has 0 aliphatic rings. The lowest BCUT2D eigenvalue weighted by molar-refractivity contribution is 0.102. The molecule has 6 nitrogen and oxygen atoms in total. The van der Waals surface area contributed by atoms with Crippen LogP contribution in [0.1, 0.15) is 10.4 Å². The van der Waals surface area contributed by atoms with E-state index >= 15 is 0 Å². The van der Waals surface area contributed by atoms with E-state index in [1.807, 2.05) is 0 Å². The number of hydrogen-bond donors (Lipinski definition) is 3. The largest absolute Gasteiger partial charge is 0.508 e. The van der Waals surface area contributed by atoms with Gasteiger partial charge in [0, 0.05) is 11.3 Å². The highest BCUT2D eigenvalue weighted by atomic mass is 32.2. The summed E-state index contributed by atoms with van der Waals surface area (Å²) in [5, 5.41) is 16.7. The van der Waals surface area contributed by atoms with Crippen molar-refractivity contribution in [3.05, 3.63) is 54.1 Å². The summed E-state index contributed by atoms with van der Waals surface area (Å²) in [7, 11) is -3.82. The van der Waals surface area contributed by atoms with Crippen LogP contribution in [-0.4, -0.2) is 19.4 Å². The van der Waals surface area contributed by atoms with Crippen molar-refractivity contribution >= 4 is 21.6 Å². The van der Waals surface area contributed by atoms with Crippen molar-refractivity contribution in [2.45, 2.75) is 4.90 Å². The smallest absolute Gasteiger partial charge is 0.255 e. The van der Waals surface area contributed by atoms with Gasteiger partial charge in [0.2, 0.25) is 10.0 Å². The van der Waals surface area contributed by atoms with Crippen molar-refractivity contribution in [2.75, 3.05) is 5.32 Å². The summed E-state index contributed by atoms with van der Waals surface area (Å²) in [6.45, 7) is 0. The van der Waals surface area contributed by atoms with Gasteiger partial charge in [0.05, 0.1) is 4.90 Å². The van der Waals surface area contributed by atoms with Crippen molar-refractivity contribution in [2.24, 2.45) is 5.14 Å². The second kappa shape index (κ2) is 5.32. The Morgan fingerprint density at radius 1 is 1.10 bits per heavy atom. The molecule has 7 heteroatoms. The molecule has 0 atom stereocenters. The number of hydrogen-bond acceptors (Lipinski definition) is 4. The maximum Gasteiger partial charge on any atom is 0.255 e. The van der Waals surface area contributed by atoms with Crippen LogP contribution < -0.4 is 10.5 Å². The van der Waals surface area contributed by atoms with Crippen LogP contribution in [-0.2, 0) is 10.0 Å². The summed E-state index contributed by atoms with van der Waals surface area (Å²) in [6.07, 6.45) is 0. The average Bonchev–Trinajstić information content (AvgIpc) is 2.38. The van der Waals surface area contributed by atoms with Crippen LogP contribution in [0.2, 0.25) is 0 Å². The lowest BCUT2D eigenvalue weighted by Gasteiger charge is -2.06. The molecular weight excluding hydrogens is 280 g/mol. The molecule has 0 saturated carbocycles. The van der Waals surface area contributed by atoms with Crippen LogP contribution in [0.25, 0.3) is 0 Å². The number of rotatable bonds is 3. The van der Waals surface area contributed by atoms with Gasteiger partial charge in [-0.05, 0) is 42.5 Å². The number of aromatic hydroxyl groups is 1. The lowest BCUT2D eigenvalue weighted by Crippen LogP contribution is -2.14. The summed E-state index contributed by atoms with van der Waals surface area (Å²) < 4.78 is 22.4. The molecule has 1 amide bonds. The van der Waals surface area contributed by atoms with Crippen LogP contribution in [0.15, 0.2) is 53.4 Å². The van der Waals surface area contributed by atoms with E-state index in [4.69, 9.17) is 10.2 Å². The predicted octanol–water partition coefficient (Wildman–Crippen LogP) is 1.29. The number of phenols is 1. The molecule has 0 unspecified atom stereocenters. The van der Waals surface area contributed by atoms with Crippen LogP contribution in [0.5, 0.6) is 5.75 Å². The first kappa shape index (κ1) is 14.0. The third kappa shape index (κ3) is 3.34. The van der Waals surface area contributed by atoms with Crippen LogP contribution in [0.3, 0.4) is 0 Å². The molecule has 104 valence electrons. The van der Waals surface area contributed by atoms with Crippen LogP contribution >= 0.6 is 0 Å². The van der Waals surface area contributed by atoms with Gasteiger partial charge in [-0.2, -0.15) is 0 Å². The van der Waals surface area contributed by atoms with Crippen LogP contribution in [0.4, 0.5) is 5.69 Å². The third-order valence-electron chi connectivity index (χ3n) is 2.55. The van der Waals surface area contributed by atoms with E-state index in [2.05, 4.69) is 5.32 Å². The average molecular weight is 292 g/mol. The molecule has 0 bridgehead atoms. The standard InChI is InChI=1S/C13H12N2O4S/c14-20(18,19)12-3-1-2-10(8-12)15-13(17)9-4-6-11(16)7-5-9/h1-8,16H,(H,15,17)(H2,14,18,19). The molecule has 2 rings (SSSR count). The Bertz CT molecular complexity index is 739. The monoisotopic (exact) mass is 292 g/mol. The van der Waals surface area contributed by atoms with Gasteiger partial charge in [0.25, 0.3) is 5.91 Å². The lowest BCUT2D eigenvalue weighted by atomic mass is 10.2. The van der Waals surface area contributed by atoms with Gasteiger partial charge >= 0.3 is 0 Å². The van der Waals surface area contributed by atoms with E-state index in [0.29, 0.717) is 11.3 Å². The first-order chi connectivity index (χ1) is 9.36. The number of benzene rings is 2. The SMILES string of the molecule is NS(=O)(=O)c1cccc(NC(=O)c2ccc(O)cc2)c1. The number of anilines is 1. The molecule has 20 heavy (non-hydrogen) atoms. The van der Waals surface area contributed by atoms with E-state index in [-0.39, 0.29) is 10.6 Å². The normalized spacial score (nSPS) is 11.1. The highest BCUT2D eigenvalue weighted by Crippen LogP contribution is 2.16. The van der Waals surface area contributed by atoms with Crippen LogP contribution in [0, 0.1) is 0 Å². The van der Waals surface area contributed by atoms with Gasteiger partial charge in [0.1, 0.15) is 5.75 Å². The number of primary sulfonamides is 1. The molecule has 0 aliphatic heterocycles. The predicted molar refractivity (Wildman–Crippen MR) is 73.9 cm³/mol. The summed E-state index contributed by atoms with van der Waals surface area (Å²) in [5.74, 6) is -0.366. The van der Waals surface area contributed by atoms with Crippen molar-refractivity contribution < 1.29 is 18.3 Å². The molecule has 0 fully saturated rings. The zero-order valence-electron chi connectivity index (χ0n) is 10.3. The number of sulfonamides is 1. The van der Waals surface area contributed by atoms with E-state index < -0.39 is 15.9 Å². The van der Waals surface area contributed by atoms with Gasteiger partial charge in [-0.25, -0.2) is 13.6 Å². The summed E-state index contributed by atoms with van der Waals surface area (Å²) in [4.78, 5) is 11.8. The summed E-state index contributed by atoms with van der Waals surface area (Å²) >= 11 is 0.